The lowest BCUT2D eigenvalue weighted by Crippen LogP contribution is -2.37. The minimum Gasteiger partial charge on any atom is -0.444 e. The Balaban J connectivity index is 2.87. The number of ether oxygens (including phenoxy) is 1. The van der Waals surface area contributed by atoms with Crippen molar-refractivity contribution in [3.63, 3.8) is 0 Å². The van der Waals surface area contributed by atoms with Gasteiger partial charge in [-0.25, -0.2) is 4.79 Å². The maximum atomic E-state index is 12.0. The normalized spacial score (nSPS) is 13.1. The Bertz CT molecular complexity index is 405. The molecular weight excluding hydrogens is 250 g/mol. The van der Waals surface area contributed by atoms with Crippen LogP contribution in [-0.2, 0) is 4.74 Å². The quantitative estimate of drug-likeness (QED) is 0.848. The molecule has 0 unspecified atom stereocenters. The second-order valence-electron chi connectivity index (χ2n) is 6.11. The van der Waals surface area contributed by atoms with Crippen LogP contribution in [0.2, 0.25) is 0 Å². The van der Waals surface area contributed by atoms with E-state index in [2.05, 4.69) is 31.3 Å². The molecule has 0 aromatic heterocycles. The summed E-state index contributed by atoms with van der Waals surface area (Å²) in [5.74, 6) is 0.407. The van der Waals surface area contributed by atoms with Crippen LogP contribution in [-0.4, -0.2) is 11.7 Å². The molecule has 0 fully saturated rings. The number of rotatable bonds is 5. The number of nitrogens with one attached hydrogen (secondary N) is 1. The maximum absolute atomic E-state index is 12.0. The van der Waals surface area contributed by atoms with Crippen LogP contribution in [0.15, 0.2) is 30.3 Å². The molecule has 0 saturated carbocycles. The fourth-order valence-corrected chi connectivity index (χ4v) is 2.33. The summed E-state index contributed by atoms with van der Waals surface area (Å²) in [6.07, 6.45) is 1.69. The molecule has 0 saturated heterocycles. The van der Waals surface area contributed by atoms with E-state index in [1.807, 2.05) is 39.0 Å². The first-order chi connectivity index (χ1) is 9.37. The molecule has 1 aromatic rings. The summed E-state index contributed by atoms with van der Waals surface area (Å²) in [4.78, 5) is 12.0. The standard InChI is InChI=1S/C17H27NO2/c1-6-13(7-2)15(14-11-9-8-10-12-14)18-16(19)20-17(3,4)5/h8-13,15H,6-7H2,1-5H3,(H,18,19)/t15-/m1/s1. The molecule has 112 valence electrons. The molecule has 3 heteroatoms. The highest BCUT2D eigenvalue weighted by Crippen LogP contribution is 2.27. The van der Waals surface area contributed by atoms with Gasteiger partial charge in [0.1, 0.15) is 5.60 Å². The molecule has 20 heavy (non-hydrogen) atoms. The van der Waals surface area contributed by atoms with Gasteiger partial charge in [0, 0.05) is 0 Å². The Morgan fingerprint density at radius 3 is 2.15 bits per heavy atom. The zero-order valence-corrected chi connectivity index (χ0v) is 13.3. The van der Waals surface area contributed by atoms with Crippen LogP contribution < -0.4 is 5.32 Å². The lowest BCUT2D eigenvalue weighted by Gasteiger charge is -2.28. The molecular formula is C17H27NO2. The summed E-state index contributed by atoms with van der Waals surface area (Å²) in [5.41, 5.74) is 0.659. The van der Waals surface area contributed by atoms with Crippen molar-refractivity contribution in [1.82, 2.24) is 5.32 Å². The minimum atomic E-state index is -0.473. The second-order valence-corrected chi connectivity index (χ2v) is 6.11. The van der Waals surface area contributed by atoms with E-state index in [4.69, 9.17) is 4.74 Å². The average molecular weight is 277 g/mol. The van der Waals surface area contributed by atoms with Gasteiger partial charge in [-0.1, -0.05) is 57.0 Å². The summed E-state index contributed by atoms with van der Waals surface area (Å²) in [6.45, 7) is 9.94. The van der Waals surface area contributed by atoms with Crippen molar-refractivity contribution in [3.8, 4) is 0 Å². The fraction of sp³-hybridized carbons (Fsp3) is 0.588. The van der Waals surface area contributed by atoms with Crippen LogP contribution in [0.5, 0.6) is 0 Å². The van der Waals surface area contributed by atoms with Crippen molar-refractivity contribution in [2.75, 3.05) is 0 Å². The minimum absolute atomic E-state index is 0.000972. The van der Waals surface area contributed by atoms with Gasteiger partial charge in [0.2, 0.25) is 0 Å². The maximum Gasteiger partial charge on any atom is 0.408 e. The van der Waals surface area contributed by atoms with Gasteiger partial charge in [-0.05, 0) is 32.3 Å². The van der Waals surface area contributed by atoms with E-state index in [-0.39, 0.29) is 12.1 Å². The second kappa shape index (κ2) is 7.32. The van der Waals surface area contributed by atoms with Crippen LogP contribution in [0.25, 0.3) is 0 Å². The van der Waals surface area contributed by atoms with Crippen molar-refractivity contribution in [2.24, 2.45) is 5.92 Å². The Hall–Kier alpha value is -1.51. The molecule has 0 bridgehead atoms. The predicted molar refractivity (Wildman–Crippen MR) is 82.6 cm³/mol. The zero-order valence-electron chi connectivity index (χ0n) is 13.3. The number of hydrogen-bond acceptors (Lipinski definition) is 2. The summed E-state index contributed by atoms with van der Waals surface area (Å²) in [7, 11) is 0. The predicted octanol–water partition coefficient (Wildman–Crippen LogP) is 4.69. The van der Waals surface area contributed by atoms with Gasteiger partial charge in [0.15, 0.2) is 0 Å². The first-order valence-electron chi connectivity index (χ1n) is 7.41. The smallest absolute Gasteiger partial charge is 0.408 e. The van der Waals surface area contributed by atoms with Gasteiger partial charge in [-0.3, -0.25) is 0 Å². The molecule has 1 atom stereocenters. The fourth-order valence-electron chi connectivity index (χ4n) is 2.33. The van der Waals surface area contributed by atoms with Gasteiger partial charge in [0.25, 0.3) is 0 Å². The summed E-state index contributed by atoms with van der Waals surface area (Å²) < 4.78 is 5.38. The largest absolute Gasteiger partial charge is 0.444 e. The third kappa shape index (κ3) is 5.24. The van der Waals surface area contributed by atoms with Gasteiger partial charge in [-0.15, -0.1) is 0 Å². The van der Waals surface area contributed by atoms with E-state index in [0.717, 1.165) is 18.4 Å². The summed E-state index contributed by atoms with van der Waals surface area (Å²) in [6, 6.07) is 10.1. The lowest BCUT2D eigenvalue weighted by atomic mass is 9.89. The Morgan fingerprint density at radius 1 is 1.15 bits per heavy atom. The van der Waals surface area contributed by atoms with Crippen molar-refractivity contribution >= 4 is 6.09 Å². The molecule has 0 aliphatic heterocycles. The molecule has 1 rings (SSSR count). The van der Waals surface area contributed by atoms with Crippen LogP contribution >= 0.6 is 0 Å². The SMILES string of the molecule is CCC(CC)[C@@H](NC(=O)OC(C)(C)C)c1ccccc1. The molecule has 1 N–H and O–H groups in total. The van der Waals surface area contributed by atoms with E-state index in [0.29, 0.717) is 5.92 Å². The highest BCUT2D eigenvalue weighted by molar-refractivity contribution is 5.68. The number of carbonyl (C=O) groups is 1. The highest BCUT2D eigenvalue weighted by atomic mass is 16.6. The van der Waals surface area contributed by atoms with Crippen molar-refractivity contribution in [3.05, 3.63) is 35.9 Å². The molecule has 3 nitrogen and oxygen atoms in total. The Morgan fingerprint density at radius 2 is 1.70 bits per heavy atom. The van der Waals surface area contributed by atoms with E-state index in [9.17, 15) is 4.79 Å². The van der Waals surface area contributed by atoms with Crippen LogP contribution in [0, 0.1) is 5.92 Å². The van der Waals surface area contributed by atoms with Gasteiger partial charge in [0.05, 0.1) is 6.04 Å². The summed E-state index contributed by atoms with van der Waals surface area (Å²) >= 11 is 0. The highest BCUT2D eigenvalue weighted by Gasteiger charge is 2.25. The zero-order chi connectivity index (χ0) is 15.2. The van der Waals surface area contributed by atoms with Gasteiger partial charge in [-0.2, -0.15) is 0 Å². The number of hydrogen-bond donors (Lipinski definition) is 1. The number of amides is 1. The molecule has 0 radical (unpaired) electrons. The molecule has 0 heterocycles. The molecule has 0 spiro atoms. The number of benzene rings is 1. The molecule has 1 aromatic carbocycles. The monoisotopic (exact) mass is 277 g/mol. The van der Waals surface area contributed by atoms with Gasteiger partial charge >= 0.3 is 6.09 Å². The first kappa shape index (κ1) is 16.5. The third-order valence-electron chi connectivity index (χ3n) is 3.35. The van der Waals surface area contributed by atoms with E-state index < -0.39 is 5.60 Å². The van der Waals surface area contributed by atoms with Gasteiger partial charge < -0.3 is 10.1 Å². The van der Waals surface area contributed by atoms with Crippen LogP contribution in [0.3, 0.4) is 0 Å². The molecule has 0 aliphatic carbocycles. The van der Waals surface area contributed by atoms with E-state index >= 15 is 0 Å². The average Bonchev–Trinajstić information content (AvgIpc) is 2.38. The number of alkyl carbamates (subject to hydrolysis) is 1. The van der Waals surface area contributed by atoms with E-state index in [1.54, 1.807) is 0 Å². The van der Waals surface area contributed by atoms with Crippen molar-refractivity contribution in [1.29, 1.82) is 0 Å². The Labute approximate surface area is 122 Å². The lowest BCUT2D eigenvalue weighted by molar-refractivity contribution is 0.0482. The van der Waals surface area contributed by atoms with E-state index in [1.165, 1.54) is 0 Å². The van der Waals surface area contributed by atoms with Crippen molar-refractivity contribution in [2.45, 2.75) is 59.1 Å². The van der Waals surface area contributed by atoms with Crippen LogP contribution in [0.1, 0.15) is 59.1 Å². The Kier molecular flexibility index (Phi) is 6.05. The third-order valence-corrected chi connectivity index (χ3v) is 3.35. The van der Waals surface area contributed by atoms with Crippen LogP contribution in [0.4, 0.5) is 4.79 Å². The molecule has 1 amide bonds. The topological polar surface area (TPSA) is 38.3 Å². The molecule has 0 aliphatic rings. The van der Waals surface area contributed by atoms with Crippen molar-refractivity contribution < 1.29 is 9.53 Å². The summed E-state index contributed by atoms with van der Waals surface area (Å²) in [5, 5.41) is 3.03. The number of carbonyl (C=O) groups excluding carboxylic acids is 1. The first-order valence-corrected chi connectivity index (χ1v) is 7.41.